The molecule has 0 saturated carbocycles. The fourth-order valence-electron chi connectivity index (χ4n) is 2.77. The monoisotopic (exact) mass is 232 g/mol. The lowest BCUT2D eigenvalue weighted by Crippen LogP contribution is -2.35. The van der Waals surface area contributed by atoms with Crippen molar-refractivity contribution >= 4 is 16.7 Å². The summed E-state index contributed by atoms with van der Waals surface area (Å²) in [6.07, 6.45) is 2.26. The van der Waals surface area contributed by atoms with Gasteiger partial charge in [0.15, 0.2) is 0 Å². The van der Waals surface area contributed by atoms with Crippen LogP contribution in [0.4, 0.5) is 10.2 Å². The van der Waals surface area contributed by atoms with Crippen molar-refractivity contribution in [3.63, 3.8) is 0 Å². The van der Waals surface area contributed by atoms with Crippen LogP contribution in [0.15, 0.2) is 18.2 Å². The molecule has 0 saturated heterocycles. The summed E-state index contributed by atoms with van der Waals surface area (Å²) < 4.78 is 13.2. The topological polar surface area (TPSA) is 19.0 Å². The third kappa shape index (κ3) is 1.61. The van der Waals surface area contributed by atoms with E-state index in [0.717, 1.165) is 18.5 Å². The molecule has 0 unspecified atom stereocenters. The molecule has 1 N–H and O–H groups in total. The maximum atomic E-state index is 13.2. The molecule has 0 spiro atoms. The summed E-state index contributed by atoms with van der Waals surface area (Å²) in [4.78, 5) is 5.75. The first-order valence-corrected chi connectivity index (χ1v) is 6.23. The lowest BCUT2D eigenvalue weighted by atomic mass is 10.0. The second-order valence-corrected chi connectivity index (χ2v) is 5.03. The van der Waals surface area contributed by atoms with E-state index in [0.29, 0.717) is 6.04 Å². The molecule has 3 rings (SSSR count). The minimum absolute atomic E-state index is 0.174. The normalized spacial score (nSPS) is 15.6. The fraction of sp³-hybridized carbons (Fsp3) is 0.429. The second kappa shape index (κ2) is 3.76. The fourth-order valence-corrected chi connectivity index (χ4v) is 2.77. The van der Waals surface area contributed by atoms with Crippen LogP contribution in [0.1, 0.15) is 25.8 Å². The number of halogens is 1. The molecule has 0 aliphatic carbocycles. The molecule has 1 aliphatic heterocycles. The number of aromatic amines is 1. The van der Waals surface area contributed by atoms with Gasteiger partial charge in [0.25, 0.3) is 0 Å². The summed E-state index contributed by atoms with van der Waals surface area (Å²) in [7, 11) is 0. The maximum Gasteiger partial charge on any atom is 0.125 e. The van der Waals surface area contributed by atoms with E-state index in [1.54, 1.807) is 12.1 Å². The molecule has 1 aromatic heterocycles. The van der Waals surface area contributed by atoms with Gasteiger partial charge in [-0.05, 0) is 44.9 Å². The predicted octanol–water partition coefficient (Wildman–Crippen LogP) is 3.47. The van der Waals surface area contributed by atoms with Crippen molar-refractivity contribution in [2.24, 2.45) is 0 Å². The Kier molecular flexibility index (Phi) is 2.35. The molecule has 90 valence electrons. The summed E-state index contributed by atoms with van der Waals surface area (Å²) >= 11 is 0. The Bertz CT molecular complexity index is 557. The summed E-state index contributed by atoms with van der Waals surface area (Å²) in [6.45, 7) is 5.47. The number of nitrogens with zero attached hydrogens (tertiary/aromatic N) is 1. The largest absolute Gasteiger partial charge is 0.355 e. The Hall–Kier alpha value is -1.51. The van der Waals surface area contributed by atoms with Gasteiger partial charge in [0.1, 0.15) is 11.6 Å². The maximum absolute atomic E-state index is 13.2. The first kappa shape index (κ1) is 10.6. The highest BCUT2D eigenvalue weighted by molar-refractivity contribution is 5.89. The molecule has 1 aromatic carbocycles. The third-order valence-electron chi connectivity index (χ3n) is 3.58. The Balaban J connectivity index is 2.21. The van der Waals surface area contributed by atoms with E-state index >= 15 is 0 Å². The Morgan fingerprint density at radius 2 is 2.18 bits per heavy atom. The number of H-pyrrole nitrogens is 1. The molecule has 0 bridgehead atoms. The molecule has 3 heteroatoms. The first-order valence-electron chi connectivity index (χ1n) is 6.23. The molecule has 0 atom stereocenters. The highest BCUT2D eigenvalue weighted by Crippen LogP contribution is 2.34. The van der Waals surface area contributed by atoms with Gasteiger partial charge in [-0.15, -0.1) is 0 Å². The van der Waals surface area contributed by atoms with Crippen LogP contribution in [-0.4, -0.2) is 17.6 Å². The van der Waals surface area contributed by atoms with E-state index in [-0.39, 0.29) is 5.82 Å². The van der Waals surface area contributed by atoms with E-state index in [1.165, 1.54) is 23.2 Å². The van der Waals surface area contributed by atoms with E-state index in [4.69, 9.17) is 0 Å². The first-order chi connectivity index (χ1) is 8.16. The van der Waals surface area contributed by atoms with Gasteiger partial charge in [0.2, 0.25) is 0 Å². The number of hydrogen-bond acceptors (Lipinski definition) is 1. The van der Waals surface area contributed by atoms with Crippen LogP contribution < -0.4 is 4.90 Å². The summed E-state index contributed by atoms with van der Waals surface area (Å²) in [5.41, 5.74) is 2.27. The van der Waals surface area contributed by atoms with Gasteiger partial charge in [-0.3, -0.25) is 0 Å². The van der Waals surface area contributed by atoms with Crippen molar-refractivity contribution in [3.05, 3.63) is 29.6 Å². The second-order valence-electron chi connectivity index (χ2n) is 5.03. The van der Waals surface area contributed by atoms with Gasteiger partial charge in [-0.2, -0.15) is 0 Å². The molecule has 2 aromatic rings. The number of nitrogens with one attached hydrogen (secondary N) is 1. The van der Waals surface area contributed by atoms with Crippen molar-refractivity contribution in [2.75, 3.05) is 11.4 Å². The average Bonchev–Trinajstić information content (AvgIpc) is 2.65. The SMILES string of the molecule is CC(C)N1CCCc2c1[nH]c1cc(F)ccc21. The standard InChI is InChI=1S/C14H17FN2/c1-9(2)17-7-3-4-12-11-6-5-10(15)8-13(11)16-14(12)17/h5-6,8-9,16H,3-4,7H2,1-2H3. The average molecular weight is 232 g/mol. The smallest absolute Gasteiger partial charge is 0.125 e. The van der Waals surface area contributed by atoms with Crippen LogP contribution in [0.5, 0.6) is 0 Å². The number of aromatic nitrogens is 1. The highest BCUT2D eigenvalue weighted by Gasteiger charge is 2.23. The summed E-state index contributed by atoms with van der Waals surface area (Å²) in [5, 5.41) is 1.17. The van der Waals surface area contributed by atoms with Gasteiger partial charge >= 0.3 is 0 Å². The summed E-state index contributed by atoms with van der Waals surface area (Å²) in [6, 6.07) is 5.51. The Labute approximate surface area is 100 Å². The third-order valence-corrected chi connectivity index (χ3v) is 3.58. The number of benzene rings is 1. The van der Waals surface area contributed by atoms with Gasteiger partial charge in [0, 0.05) is 23.5 Å². The minimum Gasteiger partial charge on any atom is -0.355 e. The Morgan fingerprint density at radius 1 is 1.35 bits per heavy atom. The molecule has 17 heavy (non-hydrogen) atoms. The van der Waals surface area contributed by atoms with Gasteiger partial charge in [0.05, 0.1) is 5.52 Å². The molecular weight excluding hydrogens is 215 g/mol. The molecule has 0 amide bonds. The van der Waals surface area contributed by atoms with Crippen molar-refractivity contribution < 1.29 is 4.39 Å². The van der Waals surface area contributed by atoms with Crippen LogP contribution in [0.3, 0.4) is 0 Å². The van der Waals surface area contributed by atoms with Gasteiger partial charge in [-0.25, -0.2) is 4.39 Å². The van der Waals surface area contributed by atoms with Crippen molar-refractivity contribution in [1.82, 2.24) is 4.98 Å². The number of aryl methyl sites for hydroxylation is 1. The van der Waals surface area contributed by atoms with E-state index in [9.17, 15) is 4.39 Å². The molecule has 2 nitrogen and oxygen atoms in total. The van der Waals surface area contributed by atoms with Crippen LogP contribution in [0.2, 0.25) is 0 Å². The Morgan fingerprint density at radius 3 is 2.94 bits per heavy atom. The number of hydrogen-bond donors (Lipinski definition) is 1. The predicted molar refractivity (Wildman–Crippen MR) is 69.1 cm³/mol. The van der Waals surface area contributed by atoms with Crippen molar-refractivity contribution in [1.29, 1.82) is 0 Å². The van der Waals surface area contributed by atoms with E-state index < -0.39 is 0 Å². The lowest BCUT2D eigenvalue weighted by Gasteiger charge is -2.32. The van der Waals surface area contributed by atoms with Crippen LogP contribution >= 0.6 is 0 Å². The molecule has 0 fully saturated rings. The van der Waals surface area contributed by atoms with Crippen LogP contribution in [-0.2, 0) is 6.42 Å². The highest BCUT2D eigenvalue weighted by atomic mass is 19.1. The molecule has 0 radical (unpaired) electrons. The van der Waals surface area contributed by atoms with Crippen LogP contribution in [0.25, 0.3) is 10.9 Å². The zero-order valence-corrected chi connectivity index (χ0v) is 10.3. The van der Waals surface area contributed by atoms with Crippen molar-refractivity contribution in [3.8, 4) is 0 Å². The molecule has 1 aliphatic rings. The van der Waals surface area contributed by atoms with Crippen LogP contribution in [0, 0.1) is 5.82 Å². The van der Waals surface area contributed by atoms with Gasteiger partial charge < -0.3 is 9.88 Å². The van der Waals surface area contributed by atoms with Crippen molar-refractivity contribution in [2.45, 2.75) is 32.7 Å². The van der Waals surface area contributed by atoms with E-state index in [1.807, 2.05) is 6.07 Å². The zero-order chi connectivity index (χ0) is 12.0. The minimum atomic E-state index is -0.174. The van der Waals surface area contributed by atoms with E-state index in [2.05, 4.69) is 23.7 Å². The zero-order valence-electron chi connectivity index (χ0n) is 10.3. The lowest BCUT2D eigenvalue weighted by molar-refractivity contribution is 0.621. The molecule has 2 heterocycles. The quantitative estimate of drug-likeness (QED) is 0.797. The number of anilines is 1. The molecular formula is C14H17FN2. The number of rotatable bonds is 1. The summed E-state index contributed by atoms with van der Waals surface area (Å²) in [5.74, 6) is 1.01. The van der Waals surface area contributed by atoms with Gasteiger partial charge in [-0.1, -0.05) is 0 Å². The number of fused-ring (bicyclic) bond motifs is 3.